The van der Waals surface area contributed by atoms with Crippen LogP contribution in [0.15, 0.2) is 125 Å². The van der Waals surface area contributed by atoms with E-state index in [0.29, 0.717) is 10.6 Å². The molecular weight excluding hydrogens is 689 g/mol. The molecule has 0 aromatic heterocycles. The first-order valence-electron chi connectivity index (χ1n) is 13.7. The summed E-state index contributed by atoms with van der Waals surface area (Å²) in [5.41, 5.74) is 2.18. The molecule has 0 fully saturated rings. The summed E-state index contributed by atoms with van der Waals surface area (Å²) >= 11 is 18.2. The highest BCUT2D eigenvalue weighted by atomic mass is 35.5. The van der Waals surface area contributed by atoms with Crippen LogP contribution in [-0.4, -0.2) is 22.7 Å². The number of para-hydroxylation sites is 1. The molecule has 0 heterocycles. The first-order valence-corrected chi connectivity index (χ1v) is 17.7. The highest BCUT2D eigenvalue weighted by Crippen LogP contribution is 2.32. The van der Waals surface area contributed by atoms with Crippen molar-refractivity contribution in [2.24, 2.45) is 0 Å². The van der Waals surface area contributed by atoms with Crippen molar-refractivity contribution >= 4 is 77.8 Å². The second kappa shape index (κ2) is 13.7. The molecule has 8 nitrogen and oxygen atoms in total. The Morgan fingerprint density at radius 1 is 0.717 bits per heavy atom. The van der Waals surface area contributed by atoms with Gasteiger partial charge >= 0.3 is 0 Å². The fraction of sp³-hybridized carbons (Fsp3) is 0.0606. The normalized spacial score (nSPS) is 11.6. The summed E-state index contributed by atoms with van der Waals surface area (Å²) in [6.45, 7) is 1.78. The SMILES string of the molecule is Cc1ccc(S(=O)(=O)N(Cc2ccc(Cl)cc2)c2ccccc2C(=O)Nc2ccc(S(=O)(=O)Nc3cccc(Cl)c3Cl)cc2)cc1. The van der Waals surface area contributed by atoms with E-state index in [1.54, 1.807) is 60.7 Å². The van der Waals surface area contributed by atoms with Gasteiger partial charge in [0.1, 0.15) is 0 Å². The molecule has 0 bridgehead atoms. The van der Waals surface area contributed by atoms with E-state index in [2.05, 4.69) is 10.0 Å². The number of benzene rings is 5. The molecule has 0 spiro atoms. The number of hydrogen-bond donors (Lipinski definition) is 2. The molecule has 0 saturated carbocycles. The number of aryl methyl sites for hydroxylation is 1. The number of sulfonamides is 2. The van der Waals surface area contributed by atoms with Gasteiger partial charge in [-0.05, 0) is 85.3 Å². The van der Waals surface area contributed by atoms with Gasteiger partial charge in [-0.1, -0.05) is 82.8 Å². The molecule has 0 atom stereocenters. The Morgan fingerprint density at radius 2 is 1.35 bits per heavy atom. The van der Waals surface area contributed by atoms with E-state index >= 15 is 0 Å². The molecule has 2 N–H and O–H groups in total. The highest BCUT2D eigenvalue weighted by Gasteiger charge is 2.29. The molecule has 5 rings (SSSR count). The Kier molecular flexibility index (Phi) is 9.95. The van der Waals surface area contributed by atoms with Gasteiger partial charge in [-0.15, -0.1) is 0 Å². The zero-order valence-electron chi connectivity index (χ0n) is 24.1. The lowest BCUT2D eigenvalue weighted by Gasteiger charge is -2.27. The minimum Gasteiger partial charge on any atom is -0.322 e. The molecule has 1 amide bonds. The van der Waals surface area contributed by atoms with E-state index in [0.717, 1.165) is 5.56 Å². The maximum absolute atomic E-state index is 14.0. The van der Waals surface area contributed by atoms with Crippen molar-refractivity contribution in [1.82, 2.24) is 0 Å². The molecule has 236 valence electrons. The van der Waals surface area contributed by atoms with Crippen LogP contribution in [-0.2, 0) is 26.6 Å². The average Bonchev–Trinajstić information content (AvgIpc) is 3.03. The van der Waals surface area contributed by atoms with E-state index in [9.17, 15) is 21.6 Å². The molecule has 5 aromatic rings. The number of hydrogen-bond acceptors (Lipinski definition) is 5. The van der Waals surface area contributed by atoms with Crippen molar-refractivity contribution in [1.29, 1.82) is 0 Å². The van der Waals surface area contributed by atoms with Gasteiger partial charge in [-0.2, -0.15) is 0 Å². The number of carbonyl (C=O) groups is 1. The second-order valence-corrected chi connectivity index (χ2v) is 14.9. The van der Waals surface area contributed by atoms with E-state index < -0.39 is 26.0 Å². The predicted octanol–water partition coefficient (Wildman–Crippen LogP) is 8.40. The van der Waals surface area contributed by atoms with Crippen LogP contribution in [0.4, 0.5) is 17.1 Å². The van der Waals surface area contributed by atoms with Gasteiger partial charge in [0.2, 0.25) is 0 Å². The van der Waals surface area contributed by atoms with Crippen molar-refractivity contribution in [2.75, 3.05) is 14.3 Å². The van der Waals surface area contributed by atoms with E-state index in [-0.39, 0.29) is 49.0 Å². The summed E-state index contributed by atoms with van der Waals surface area (Å²) in [6.07, 6.45) is 0. The molecule has 0 unspecified atom stereocenters. The van der Waals surface area contributed by atoms with Gasteiger partial charge in [0.05, 0.1) is 43.3 Å². The van der Waals surface area contributed by atoms with Crippen LogP contribution in [0.5, 0.6) is 0 Å². The van der Waals surface area contributed by atoms with Crippen LogP contribution < -0.4 is 14.3 Å². The third-order valence-corrected chi connectivity index (χ3v) is 11.1. The average molecular weight is 715 g/mol. The Bertz CT molecular complexity index is 2110. The van der Waals surface area contributed by atoms with Gasteiger partial charge in [0, 0.05) is 10.7 Å². The quantitative estimate of drug-likeness (QED) is 0.151. The number of amides is 1. The van der Waals surface area contributed by atoms with E-state index in [1.807, 2.05) is 6.92 Å². The first kappa shape index (κ1) is 33.3. The zero-order chi connectivity index (χ0) is 33.1. The van der Waals surface area contributed by atoms with E-state index in [4.69, 9.17) is 34.8 Å². The lowest BCUT2D eigenvalue weighted by molar-refractivity contribution is 0.102. The number of halogens is 3. The topological polar surface area (TPSA) is 113 Å². The van der Waals surface area contributed by atoms with Gasteiger partial charge in [0.25, 0.3) is 26.0 Å². The smallest absolute Gasteiger partial charge is 0.264 e. The third kappa shape index (κ3) is 7.49. The first-order chi connectivity index (χ1) is 21.8. The Morgan fingerprint density at radius 3 is 2.02 bits per heavy atom. The lowest BCUT2D eigenvalue weighted by Crippen LogP contribution is -2.32. The van der Waals surface area contributed by atoms with Crippen molar-refractivity contribution in [3.63, 3.8) is 0 Å². The number of rotatable bonds is 10. The van der Waals surface area contributed by atoms with Crippen LogP contribution in [0.3, 0.4) is 0 Å². The van der Waals surface area contributed by atoms with Gasteiger partial charge in [0.15, 0.2) is 0 Å². The zero-order valence-corrected chi connectivity index (χ0v) is 28.0. The highest BCUT2D eigenvalue weighted by molar-refractivity contribution is 7.93. The molecular formula is C33H26Cl3N3O5S2. The van der Waals surface area contributed by atoms with Crippen LogP contribution >= 0.6 is 34.8 Å². The molecule has 5 aromatic carbocycles. The largest absolute Gasteiger partial charge is 0.322 e. The summed E-state index contributed by atoms with van der Waals surface area (Å²) in [4.78, 5) is 13.6. The Hall–Kier alpha value is -4.06. The number of nitrogens with zero attached hydrogens (tertiary/aromatic N) is 1. The molecule has 0 saturated heterocycles. The number of carbonyl (C=O) groups excluding carboxylic acids is 1. The van der Waals surface area contributed by atoms with Crippen LogP contribution in [0.2, 0.25) is 15.1 Å². The summed E-state index contributed by atoms with van der Waals surface area (Å²) < 4.78 is 57.6. The van der Waals surface area contributed by atoms with E-state index in [1.165, 1.54) is 58.9 Å². The summed E-state index contributed by atoms with van der Waals surface area (Å²) in [5, 5.41) is 3.49. The summed E-state index contributed by atoms with van der Waals surface area (Å²) in [5.74, 6) is -0.602. The number of anilines is 3. The Labute approximate surface area is 282 Å². The Balaban J connectivity index is 1.44. The third-order valence-electron chi connectivity index (χ3n) is 6.88. The minimum atomic E-state index is -4.13. The summed E-state index contributed by atoms with van der Waals surface area (Å²) in [6, 6.07) is 29.6. The minimum absolute atomic E-state index is 0.0600. The second-order valence-electron chi connectivity index (χ2n) is 10.2. The standard InChI is InChI=1S/C33H26Cl3N3O5S2/c1-22-9-17-27(18-10-22)46(43,44)39(21-23-11-13-24(34)14-12-23)31-8-3-2-5-28(31)33(40)37-25-15-19-26(20-16-25)45(41,42)38-30-7-4-6-29(35)32(30)36/h2-20,38H,21H2,1H3,(H,37,40). The van der Waals surface area contributed by atoms with Gasteiger partial charge < -0.3 is 5.32 Å². The molecule has 0 radical (unpaired) electrons. The summed E-state index contributed by atoms with van der Waals surface area (Å²) in [7, 11) is -8.17. The molecule has 13 heteroatoms. The van der Waals surface area contributed by atoms with Gasteiger partial charge in [-0.3, -0.25) is 13.8 Å². The molecule has 0 aliphatic carbocycles. The molecule has 0 aliphatic rings. The lowest BCUT2D eigenvalue weighted by atomic mass is 10.1. The van der Waals surface area contributed by atoms with Crippen molar-refractivity contribution < 1.29 is 21.6 Å². The molecule has 46 heavy (non-hydrogen) atoms. The maximum Gasteiger partial charge on any atom is 0.264 e. The van der Waals surface area contributed by atoms with Crippen LogP contribution in [0.25, 0.3) is 0 Å². The predicted molar refractivity (Wildman–Crippen MR) is 184 cm³/mol. The van der Waals surface area contributed by atoms with Crippen molar-refractivity contribution in [3.05, 3.63) is 147 Å². The fourth-order valence-corrected chi connectivity index (χ4v) is 7.55. The van der Waals surface area contributed by atoms with Gasteiger partial charge in [-0.25, -0.2) is 16.8 Å². The molecule has 0 aliphatic heterocycles. The number of nitrogens with one attached hydrogen (secondary N) is 2. The maximum atomic E-state index is 14.0. The van der Waals surface area contributed by atoms with Crippen molar-refractivity contribution in [3.8, 4) is 0 Å². The van der Waals surface area contributed by atoms with Crippen LogP contribution in [0.1, 0.15) is 21.5 Å². The van der Waals surface area contributed by atoms with Crippen molar-refractivity contribution in [2.45, 2.75) is 23.3 Å². The monoisotopic (exact) mass is 713 g/mol. The van der Waals surface area contributed by atoms with Crippen LogP contribution in [0, 0.1) is 6.92 Å². The fourth-order valence-electron chi connectivity index (χ4n) is 4.48.